The first-order valence-electron chi connectivity index (χ1n) is 3.65. The highest BCUT2D eigenvalue weighted by atomic mass is 79.9. The van der Waals surface area contributed by atoms with Gasteiger partial charge in [-0.3, -0.25) is 4.79 Å². The molecule has 1 N–H and O–H groups in total. The van der Waals surface area contributed by atoms with Crippen LogP contribution in [0, 0.1) is 23.3 Å². The lowest BCUT2D eigenvalue weighted by Gasteiger charge is -2.08. The van der Waals surface area contributed by atoms with E-state index in [9.17, 15) is 22.4 Å². The van der Waals surface area contributed by atoms with E-state index in [1.807, 2.05) is 5.32 Å². The van der Waals surface area contributed by atoms with Gasteiger partial charge in [0.05, 0.1) is 10.2 Å². The largest absolute Gasteiger partial charge is 0.323 e. The van der Waals surface area contributed by atoms with Crippen LogP contribution in [0.15, 0.2) is 4.47 Å². The van der Waals surface area contributed by atoms with Crippen molar-refractivity contribution in [1.29, 1.82) is 0 Å². The third-order valence-electron chi connectivity index (χ3n) is 1.51. The third kappa shape index (κ3) is 2.11. The van der Waals surface area contributed by atoms with E-state index in [-0.39, 0.29) is 0 Å². The molecule has 0 bridgehead atoms. The van der Waals surface area contributed by atoms with E-state index in [1.165, 1.54) is 0 Å². The molecule has 15 heavy (non-hydrogen) atoms. The maximum atomic E-state index is 13.0. The van der Waals surface area contributed by atoms with Crippen molar-refractivity contribution in [2.45, 2.75) is 6.92 Å². The van der Waals surface area contributed by atoms with E-state index in [1.54, 1.807) is 0 Å². The lowest BCUT2D eigenvalue weighted by molar-refractivity contribution is -0.114. The van der Waals surface area contributed by atoms with Crippen molar-refractivity contribution in [3.8, 4) is 0 Å². The number of hydrogen-bond donors (Lipinski definition) is 1. The molecule has 1 aromatic carbocycles. The smallest absolute Gasteiger partial charge is 0.221 e. The van der Waals surface area contributed by atoms with Crippen molar-refractivity contribution in [3.05, 3.63) is 27.7 Å². The minimum atomic E-state index is -1.97. The maximum Gasteiger partial charge on any atom is 0.221 e. The summed E-state index contributed by atoms with van der Waals surface area (Å²) in [4.78, 5) is 10.6. The van der Waals surface area contributed by atoms with Crippen LogP contribution in [0.2, 0.25) is 0 Å². The van der Waals surface area contributed by atoms with Gasteiger partial charge >= 0.3 is 0 Å². The van der Waals surface area contributed by atoms with Gasteiger partial charge in [0.2, 0.25) is 5.91 Å². The summed E-state index contributed by atoms with van der Waals surface area (Å²) in [5.74, 6) is -7.90. The summed E-state index contributed by atoms with van der Waals surface area (Å²) in [5, 5.41) is 1.84. The summed E-state index contributed by atoms with van der Waals surface area (Å²) in [7, 11) is 0. The number of amides is 1. The summed E-state index contributed by atoms with van der Waals surface area (Å²) < 4.78 is 50.6. The molecule has 7 heteroatoms. The molecular weight excluding hydrogens is 282 g/mol. The molecule has 1 rings (SSSR count). The van der Waals surface area contributed by atoms with Gasteiger partial charge in [0.1, 0.15) is 0 Å². The Morgan fingerprint density at radius 3 is 2.00 bits per heavy atom. The van der Waals surface area contributed by atoms with Crippen molar-refractivity contribution < 1.29 is 22.4 Å². The Morgan fingerprint density at radius 2 is 1.53 bits per heavy atom. The second-order valence-electron chi connectivity index (χ2n) is 2.63. The number of rotatable bonds is 1. The molecule has 0 atom stereocenters. The Hall–Kier alpha value is -1.11. The first kappa shape index (κ1) is 12.0. The molecule has 2 nitrogen and oxygen atoms in total. The molecule has 0 aliphatic heterocycles. The average molecular weight is 286 g/mol. The zero-order chi connectivity index (χ0) is 11.7. The third-order valence-corrected chi connectivity index (χ3v) is 2.26. The van der Waals surface area contributed by atoms with Crippen molar-refractivity contribution in [2.24, 2.45) is 0 Å². The average Bonchev–Trinajstić information content (AvgIpc) is 2.18. The lowest BCUT2D eigenvalue weighted by atomic mass is 10.2. The van der Waals surface area contributed by atoms with E-state index in [0.29, 0.717) is 0 Å². The molecule has 1 amide bonds. The van der Waals surface area contributed by atoms with Crippen LogP contribution >= 0.6 is 15.9 Å². The highest BCUT2D eigenvalue weighted by Crippen LogP contribution is 2.32. The summed E-state index contributed by atoms with van der Waals surface area (Å²) in [6, 6.07) is 0. The molecule has 0 saturated carbocycles. The Morgan fingerprint density at radius 1 is 1.07 bits per heavy atom. The minimum Gasteiger partial charge on any atom is -0.323 e. The molecule has 0 unspecified atom stereocenters. The number of halogens is 5. The fourth-order valence-electron chi connectivity index (χ4n) is 0.891. The van der Waals surface area contributed by atoms with Crippen molar-refractivity contribution in [2.75, 3.05) is 5.32 Å². The fraction of sp³-hybridized carbons (Fsp3) is 0.125. The molecule has 0 saturated heterocycles. The van der Waals surface area contributed by atoms with Crippen LogP contribution in [0.1, 0.15) is 6.92 Å². The first-order chi connectivity index (χ1) is 6.86. The van der Waals surface area contributed by atoms with Crippen molar-refractivity contribution in [1.82, 2.24) is 0 Å². The first-order valence-corrected chi connectivity index (χ1v) is 4.44. The molecule has 0 spiro atoms. The predicted molar refractivity (Wildman–Crippen MR) is 48.3 cm³/mol. The van der Waals surface area contributed by atoms with Crippen LogP contribution in [0.25, 0.3) is 0 Å². The van der Waals surface area contributed by atoms with Gasteiger partial charge in [-0.25, -0.2) is 17.6 Å². The number of hydrogen-bond acceptors (Lipinski definition) is 1. The Bertz CT molecular complexity index is 406. The molecule has 1 aromatic rings. The molecule has 0 heterocycles. The molecule has 0 aromatic heterocycles. The second-order valence-corrected chi connectivity index (χ2v) is 3.42. The van der Waals surface area contributed by atoms with Crippen LogP contribution < -0.4 is 5.32 Å². The van der Waals surface area contributed by atoms with Crippen LogP contribution in [0.4, 0.5) is 23.2 Å². The van der Waals surface area contributed by atoms with E-state index < -0.39 is 39.3 Å². The highest BCUT2D eigenvalue weighted by Gasteiger charge is 2.24. The number of anilines is 1. The van der Waals surface area contributed by atoms with Gasteiger partial charge in [-0.2, -0.15) is 0 Å². The van der Waals surface area contributed by atoms with Gasteiger partial charge in [0, 0.05) is 6.92 Å². The Balaban J connectivity index is 3.45. The molecule has 0 radical (unpaired) electrons. The van der Waals surface area contributed by atoms with Gasteiger partial charge in [0.25, 0.3) is 0 Å². The van der Waals surface area contributed by atoms with Gasteiger partial charge < -0.3 is 5.32 Å². The molecule has 0 aliphatic carbocycles. The Labute approximate surface area is 90.4 Å². The molecule has 82 valence electrons. The van der Waals surface area contributed by atoms with Crippen LogP contribution in [0.5, 0.6) is 0 Å². The van der Waals surface area contributed by atoms with Crippen molar-refractivity contribution >= 4 is 27.5 Å². The predicted octanol–water partition coefficient (Wildman–Crippen LogP) is 2.96. The zero-order valence-electron chi connectivity index (χ0n) is 7.30. The fourth-order valence-corrected chi connectivity index (χ4v) is 1.34. The number of carbonyl (C=O) groups excluding carboxylic acids is 1. The summed E-state index contributed by atoms with van der Waals surface area (Å²) in [6.07, 6.45) is 0. The van der Waals surface area contributed by atoms with E-state index >= 15 is 0 Å². The second kappa shape index (κ2) is 4.18. The van der Waals surface area contributed by atoms with Crippen LogP contribution in [-0.4, -0.2) is 5.91 Å². The van der Waals surface area contributed by atoms with Crippen LogP contribution in [-0.2, 0) is 4.79 Å². The number of nitrogens with one attached hydrogen (secondary N) is 1. The van der Waals surface area contributed by atoms with Crippen molar-refractivity contribution in [3.63, 3.8) is 0 Å². The van der Waals surface area contributed by atoms with E-state index in [4.69, 9.17) is 0 Å². The van der Waals surface area contributed by atoms with E-state index in [2.05, 4.69) is 15.9 Å². The minimum absolute atomic E-state index is 0.672. The van der Waals surface area contributed by atoms with Crippen LogP contribution in [0.3, 0.4) is 0 Å². The number of benzene rings is 1. The monoisotopic (exact) mass is 285 g/mol. The summed E-state index contributed by atoms with van der Waals surface area (Å²) in [5.41, 5.74) is -0.765. The standard InChI is InChI=1S/C8H4BrF4NO/c1-2(15)14-8-3(9)4(10)5(11)6(12)7(8)13/h1H3,(H,14,15). The maximum absolute atomic E-state index is 13.0. The quantitative estimate of drug-likeness (QED) is 0.480. The van der Waals surface area contributed by atoms with Gasteiger partial charge in [-0.05, 0) is 15.9 Å². The topological polar surface area (TPSA) is 29.1 Å². The van der Waals surface area contributed by atoms with Gasteiger partial charge in [-0.1, -0.05) is 0 Å². The summed E-state index contributed by atoms with van der Waals surface area (Å²) in [6.45, 7) is 1.02. The summed E-state index contributed by atoms with van der Waals surface area (Å²) >= 11 is 2.51. The molecule has 0 fully saturated rings. The number of carbonyl (C=O) groups is 1. The molecular formula is C8H4BrF4NO. The van der Waals surface area contributed by atoms with Gasteiger partial charge in [0.15, 0.2) is 23.3 Å². The lowest BCUT2D eigenvalue weighted by Crippen LogP contribution is -2.11. The van der Waals surface area contributed by atoms with Gasteiger partial charge in [-0.15, -0.1) is 0 Å². The normalized spacial score (nSPS) is 10.3. The highest BCUT2D eigenvalue weighted by molar-refractivity contribution is 9.10. The molecule has 0 aliphatic rings. The Kier molecular flexibility index (Phi) is 3.33. The SMILES string of the molecule is CC(=O)Nc1c(F)c(F)c(F)c(F)c1Br. The van der Waals surface area contributed by atoms with E-state index in [0.717, 1.165) is 6.92 Å². The zero-order valence-corrected chi connectivity index (χ0v) is 8.88.